The summed E-state index contributed by atoms with van der Waals surface area (Å²) in [5, 5.41) is 16.6. The third-order valence-corrected chi connectivity index (χ3v) is 5.83. The molecule has 0 spiro atoms. The van der Waals surface area contributed by atoms with Gasteiger partial charge in [-0.2, -0.15) is 10.2 Å². The molecule has 150 valence electrons. The van der Waals surface area contributed by atoms with E-state index in [1.807, 2.05) is 24.7 Å². The topological polar surface area (TPSA) is 105 Å². The Hall–Kier alpha value is -3.72. The van der Waals surface area contributed by atoms with Gasteiger partial charge in [0.2, 0.25) is 0 Å². The fraction of sp³-hybridized carbons (Fsp3) is 0.238. The first-order valence-electron chi connectivity index (χ1n) is 10.0. The molecule has 1 fully saturated rings. The molecule has 1 aliphatic heterocycles. The van der Waals surface area contributed by atoms with E-state index < -0.39 is 0 Å². The average Bonchev–Trinajstić information content (AvgIpc) is 3.52. The first-order valence-corrected chi connectivity index (χ1v) is 10.0. The van der Waals surface area contributed by atoms with Crippen LogP contribution in [0.25, 0.3) is 44.5 Å². The summed E-state index contributed by atoms with van der Waals surface area (Å²) in [4.78, 5) is 17.5. The van der Waals surface area contributed by atoms with Gasteiger partial charge in [0, 0.05) is 66.7 Å². The number of likely N-dealkylation sites (N-methyl/N-ethyl adjacent to an activating group) is 1. The zero-order valence-corrected chi connectivity index (χ0v) is 16.6. The molecule has 1 saturated heterocycles. The van der Waals surface area contributed by atoms with Crippen molar-refractivity contribution >= 4 is 27.8 Å². The molecule has 3 N–H and O–H groups in total. The number of nitrogens with one attached hydrogen (secondary N) is 3. The van der Waals surface area contributed by atoms with Gasteiger partial charge in [0.05, 0.1) is 17.4 Å². The smallest absolute Gasteiger partial charge is 0.155 e. The van der Waals surface area contributed by atoms with Crippen LogP contribution in [-0.2, 0) is 0 Å². The lowest BCUT2D eigenvalue weighted by Crippen LogP contribution is -2.44. The van der Waals surface area contributed by atoms with Crippen molar-refractivity contribution < 1.29 is 0 Å². The maximum atomic E-state index is 4.70. The van der Waals surface area contributed by atoms with Crippen molar-refractivity contribution in [1.29, 1.82) is 0 Å². The highest BCUT2D eigenvalue weighted by atomic mass is 15.3. The maximum absolute atomic E-state index is 4.70. The van der Waals surface area contributed by atoms with Crippen LogP contribution in [-0.4, -0.2) is 73.5 Å². The first kappa shape index (κ1) is 17.2. The highest BCUT2D eigenvalue weighted by molar-refractivity contribution is 5.99. The number of H-pyrrole nitrogens is 3. The second-order valence-corrected chi connectivity index (χ2v) is 7.75. The number of pyridine rings is 2. The summed E-state index contributed by atoms with van der Waals surface area (Å²) in [6.45, 7) is 4.04. The van der Waals surface area contributed by atoms with Crippen LogP contribution in [0.5, 0.6) is 0 Å². The minimum Gasteiger partial charge on any atom is -0.353 e. The highest BCUT2D eigenvalue weighted by Crippen LogP contribution is 2.33. The lowest BCUT2D eigenvalue weighted by Gasteiger charge is -2.33. The van der Waals surface area contributed by atoms with E-state index in [0.29, 0.717) is 0 Å². The van der Waals surface area contributed by atoms with Gasteiger partial charge in [0.15, 0.2) is 5.65 Å². The summed E-state index contributed by atoms with van der Waals surface area (Å²) >= 11 is 0. The van der Waals surface area contributed by atoms with Crippen LogP contribution in [0.1, 0.15) is 0 Å². The van der Waals surface area contributed by atoms with E-state index in [1.54, 1.807) is 6.20 Å². The molecule has 0 atom stereocenters. The fourth-order valence-corrected chi connectivity index (χ4v) is 4.11. The molecule has 1 aliphatic rings. The Morgan fingerprint density at radius 2 is 1.87 bits per heavy atom. The normalized spacial score (nSPS) is 15.4. The Kier molecular flexibility index (Phi) is 3.81. The summed E-state index contributed by atoms with van der Waals surface area (Å²) in [7, 11) is 2.16. The number of hydrogen-bond donors (Lipinski definition) is 3. The van der Waals surface area contributed by atoms with Crippen molar-refractivity contribution in [3.05, 3.63) is 43.0 Å². The number of fused-ring (bicyclic) bond motifs is 2. The molecule has 9 nitrogen and oxygen atoms in total. The molecule has 0 amide bonds. The Morgan fingerprint density at radius 3 is 2.70 bits per heavy atom. The van der Waals surface area contributed by atoms with Gasteiger partial charge in [0.25, 0.3) is 0 Å². The predicted molar refractivity (Wildman–Crippen MR) is 116 cm³/mol. The Balaban J connectivity index is 1.45. The van der Waals surface area contributed by atoms with Crippen LogP contribution in [0.4, 0.5) is 5.82 Å². The number of nitrogens with zero attached hydrogens (tertiary/aromatic N) is 6. The van der Waals surface area contributed by atoms with E-state index in [0.717, 1.165) is 76.4 Å². The Bertz CT molecular complexity index is 1320. The fourth-order valence-electron chi connectivity index (χ4n) is 4.11. The summed E-state index contributed by atoms with van der Waals surface area (Å²) < 4.78 is 0. The SMILES string of the molecule is CN1CCN(c2nccc3[nH]c(-c4n[nH]c5ncc(-c6cn[nH]c6)cc45)cc23)CC1. The summed E-state index contributed by atoms with van der Waals surface area (Å²) in [6.07, 6.45) is 7.35. The van der Waals surface area contributed by atoms with Crippen molar-refractivity contribution in [2.45, 2.75) is 0 Å². The van der Waals surface area contributed by atoms with Crippen LogP contribution in [0.2, 0.25) is 0 Å². The maximum Gasteiger partial charge on any atom is 0.155 e. The molecule has 30 heavy (non-hydrogen) atoms. The van der Waals surface area contributed by atoms with Crippen molar-refractivity contribution in [2.24, 2.45) is 0 Å². The van der Waals surface area contributed by atoms with Gasteiger partial charge in [-0.15, -0.1) is 0 Å². The Morgan fingerprint density at radius 1 is 0.967 bits per heavy atom. The minimum atomic E-state index is 0.758. The van der Waals surface area contributed by atoms with Gasteiger partial charge < -0.3 is 14.8 Å². The van der Waals surface area contributed by atoms with Gasteiger partial charge in [-0.25, -0.2) is 9.97 Å². The molecule has 0 unspecified atom stereocenters. The lowest BCUT2D eigenvalue weighted by atomic mass is 10.1. The molecule has 0 aliphatic carbocycles. The van der Waals surface area contributed by atoms with E-state index in [4.69, 9.17) is 4.98 Å². The number of aromatic amines is 3. The van der Waals surface area contributed by atoms with Gasteiger partial charge in [-0.1, -0.05) is 0 Å². The third-order valence-electron chi connectivity index (χ3n) is 5.83. The van der Waals surface area contributed by atoms with Crippen LogP contribution in [0.3, 0.4) is 0 Å². The molecule has 5 aromatic rings. The lowest BCUT2D eigenvalue weighted by molar-refractivity contribution is 0.312. The quantitative estimate of drug-likeness (QED) is 0.431. The van der Waals surface area contributed by atoms with Crippen molar-refractivity contribution in [3.8, 4) is 22.5 Å². The number of rotatable bonds is 3. The predicted octanol–water partition coefficient (Wildman–Crippen LogP) is 2.64. The molecule has 9 heteroatoms. The average molecular weight is 399 g/mol. The van der Waals surface area contributed by atoms with Crippen LogP contribution >= 0.6 is 0 Å². The second-order valence-electron chi connectivity index (χ2n) is 7.75. The third kappa shape index (κ3) is 2.74. The number of hydrogen-bond acceptors (Lipinski definition) is 6. The van der Waals surface area contributed by atoms with Crippen molar-refractivity contribution in [2.75, 3.05) is 38.1 Å². The largest absolute Gasteiger partial charge is 0.353 e. The zero-order valence-electron chi connectivity index (χ0n) is 16.6. The van der Waals surface area contributed by atoms with Crippen molar-refractivity contribution in [1.82, 2.24) is 40.2 Å². The molecule has 6 heterocycles. The summed E-state index contributed by atoms with van der Waals surface area (Å²) in [5.74, 6) is 1.03. The summed E-state index contributed by atoms with van der Waals surface area (Å²) in [5.41, 5.74) is 5.61. The van der Waals surface area contributed by atoms with Gasteiger partial charge >= 0.3 is 0 Å². The van der Waals surface area contributed by atoms with Crippen LogP contribution in [0, 0.1) is 0 Å². The first-order chi connectivity index (χ1) is 14.8. The molecule has 0 aromatic carbocycles. The van der Waals surface area contributed by atoms with E-state index >= 15 is 0 Å². The number of aromatic nitrogens is 7. The number of anilines is 1. The molecular formula is C21H21N9. The number of piperazine rings is 1. The van der Waals surface area contributed by atoms with E-state index in [2.05, 4.69) is 59.3 Å². The molecule has 6 rings (SSSR count). The molecular weight excluding hydrogens is 378 g/mol. The van der Waals surface area contributed by atoms with E-state index in [1.165, 1.54) is 0 Å². The van der Waals surface area contributed by atoms with Crippen molar-refractivity contribution in [3.63, 3.8) is 0 Å². The Labute approximate surface area is 172 Å². The van der Waals surface area contributed by atoms with Gasteiger partial charge in [-0.3, -0.25) is 10.2 Å². The van der Waals surface area contributed by atoms with E-state index in [-0.39, 0.29) is 0 Å². The molecule has 0 bridgehead atoms. The van der Waals surface area contributed by atoms with Crippen LogP contribution < -0.4 is 4.90 Å². The monoisotopic (exact) mass is 399 g/mol. The molecule has 5 aromatic heterocycles. The molecule has 0 saturated carbocycles. The van der Waals surface area contributed by atoms with E-state index in [9.17, 15) is 0 Å². The van der Waals surface area contributed by atoms with Gasteiger partial charge in [0.1, 0.15) is 11.5 Å². The zero-order chi connectivity index (χ0) is 20.1. The van der Waals surface area contributed by atoms with Gasteiger partial charge in [-0.05, 0) is 25.2 Å². The summed E-state index contributed by atoms with van der Waals surface area (Å²) in [6, 6.07) is 6.26. The molecule has 0 radical (unpaired) electrons. The minimum absolute atomic E-state index is 0.758. The highest BCUT2D eigenvalue weighted by Gasteiger charge is 2.20. The van der Waals surface area contributed by atoms with Crippen LogP contribution in [0.15, 0.2) is 43.0 Å². The second kappa shape index (κ2) is 6.67. The standard InChI is InChI=1S/C21H21N9/c1-29-4-6-30(7-5-29)21-15-9-18(26-17(15)2-3-22-21)19-16-8-13(14-11-24-25-12-14)10-23-20(16)28-27-19/h2-3,8-12,26H,4-7H2,1H3,(H,24,25)(H,23,27,28).